The molecule has 0 saturated carbocycles. The molecule has 1 amide bonds. The van der Waals surface area contributed by atoms with Crippen LogP contribution >= 0.6 is 0 Å². The number of carboxylic acid groups (broad SMARTS) is 1. The van der Waals surface area contributed by atoms with Gasteiger partial charge in [-0.05, 0) is 81.3 Å². The van der Waals surface area contributed by atoms with E-state index in [1.807, 2.05) is 56.5 Å². The fourth-order valence-electron chi connectivity index (χ4n) is 3.48. The Labute approximate surface area is 181 Å². The van der Waals surface area contributed by atoms with Gasteiger partial charge in [0.15, 0.2) is 0 Å². The smallest absolute Gasteiger partial charge is 0.335 e. The van der Waals surface area contributed by atoms with E-state index in [2.05, 4.69) is 5.32 Å². The van der Waals surface area contributed by atoms with E-state index in [4.69, 9.17) is 0 Å². The molecule has 0 aliphatic carbocycles. The summed E-state index contributed by atoms with van der Waals surface area (Å²) in [4.78, 5) is 23.8. The van der Waals surface area contributed by atoms with Crippen molar-refractivity contribution in [1.29, 1.82) is 5.26 Å². The minimum absolute atomic E-state index is 0.00114. The monoisotopic (exact) mass is 413 g/mol. The molecule has 1 aromatic heterocycles. The molecule has 2 aromatic carbocycles. The number of hydrogen-bond donors (Lipinski definition) is 2. The topological polar surface area (TPSA) is 95.1 Å². The van der Waals surface area contributed by atoms with Crippen molar-refractivity contribution in [3.05, 3.63) is 87.7 Å². The SMILES string of the molecule is Cc1ccc(NC(=O)/C(C#N)=C\c2cc(C)n(-c3ccc(C(=O)O)cc3C)c2C)cc1. The van der Waals surface area contributed by atoms with Gasteiger partial charge in [0.1, 0.15) is 11.6 Å². The second-order valence-corrected chi connectivity index (χ2v) is 7.46. The van der Waals surface area contributed by atoms with Crippen molar-refractivity contribution < 1.29 is 14.7 Å². The van der Waals surface area contributed by atoms with Crippen LogP contribution in [0, 0.1) is 39.0 Å². The number of aromatic carboxylic acids is 1. The number of carbonyl (C=O) groups is 2. The van der Waals surface area contributed by atoms with Gasteiger partial charge >= 0.3 is 5.97 Å². The van der Waals surface area contributed by atoms with Gasteiger partial charge in [-0.2, -0.15) is 5.26 Å². The fourth-order valence-corrected chi connectivity index (χ4v) is 3.48. The van der Waals surface area contributed by atoms with Crippen LogP contribution in [0.2, 0.25) is 0 Å². The van der Waals surface area contributed by atoms with Gasteiger partial charge in [0.05, 0.1) is 5.56 Å². The van der Waals surface area contributed by atoms with E-state index >= 15 is 0 Å². The molecule has 156 valence electrons. The van der Waals surface area contributed by atoms with E-state index in [1.165, 1.54) is 0 Å². The van der Waals surface area contributed by atoms with Gasteiger partial charge in [-0.1, -0.05) is 17.7 Å². The highest BCUT2D eigenvalue weighted by molar-refractivity contribution is 6.09. The van der Waals surface area contributed by atoms with Crippen LogP contribution < -0.4 is 5.32 Å². The van der Waals surface area contributed by atoms with E-state index in [1.54, 1.807) is 36.4 Å². The number of anilines is 1. The Morgan fingerprint density at radius 1 is 1.03 bits per heavy atom. The standard InChI is InChI=1S/C25H23N3O3/c1-15-5-8-22(9-6-15)27-24(29)21(14-26)13-20-12-17(3)28(18(20)4)23-10-7-19(25(30)31)11-16(23)2/h5-13H,1-4H3,(H,27,29)(H,30,31)/b21-13-. The van der Waals surface area contributed by atoms with Crippen LogP contribution in [0.15, 0.2) is 54.1 Å². The van der Waals surface area contributed by atoms with E-state index < -0.39 is 11.9 Å². The number of benzene rings is 2. The van der Waals surface area contributed by atoms with E-state index in [0.717, 1.165) is 33.8 Å². The second kappa shape index (κ2) is 8.72. The van der Waals surface area contributed by atoms with Crippen LogP contribution in [-0.2, 0) is 4.79 Å². The van der Waals surface area contributed by atoms with Gasteiger partial charge in [-0.25, -0.2) is 4.79 Å². The largest absolute Gasteiger partial charge is 0.478 e. The zero-order valence-electron chi connectivity index (χ0n) is 17.9. The number of amides is 1. The lowest BCUT2D eigenvalue weighted by molar-refractivity contribution is -0.112. The van der Waals surface area contributed by atoms with Crippen LogP contribution in [-0.4, -0.2) is 21.6 Å². The fraction of sp³-hybridized carbons (Fsp3) is 0.160. The molecule has 6 heteroatoms. The molecule has 0 radical (unpaired) electrons. The molecule has 0 aliphatic heterocycles. The second-order valence-electron chi connectivity index (χ2n) is 7.46. The molecule has 1 heterocycles. The Bertz CT molecular complexity index is 1240. The van der Waals surface area contributed by atoms with Crippen LogP contribution in [0.5, 0.6) is 0 Å². The Balaban J connectivity index is 1.95. The third kappa shape index (κ3) is 4.57. The molecule has 0 aliphatic rings. The Morgan fingerprint density at radius 2 is 1.71 bits per heavy atom. The number of carboxylic acids is 1. The third-order valence-corrected chi connectivity index (χ3v) is 5.13. The number of nitriles is 1. The summed E-state index contributed by atoms with van der Waals surface area (Å²) in [5.74, 6) is -1.45. The van der Waals surface area contributed by atoms with Crippen molar-refractivity contribution in [3.63, 3.8) is 0 Å². The average Bonchev–Trinajstić information content (AvgIpc) is 3.00. The highest BCUT2D eigenvalue weighted by Crippen LogP contribution is 2.26. The van der Waals surface area contributed by atoms with Crippen molar-refractivity contribution in [2.45, 2.75) is 27.7 Å². The number of nitrogens with zero attached hydrogens (tertiary/aromatic N) is 2. The molecular formula is C25H23N3O3. The van der Waals surface area contributed by atoms with Gasteiger partial charge < -0.3 is 15.0 Å². The number of rotatable bonds is 5. The predicted molar refractivity (Wildman–Crippen MR) is 120 cm³/mol. The zero-order valence-corrected chi connectivity index (χ0v) is 17.9. The first-order chi connectivity index (χ1) is 14.7. The van der Waals surface area contributed by atoms with E-state index in [9.17, 15) is 20.0 Å². The number of nitrogens with one attached hydrogen (secondary N) is 1. The minimum atomic E-state index is -0.975. The van der Waals surface area contributed by atoms with Crippen molar-refractivity contribution in [1.82, 2.24) is 4.57 Å². The summed E-state index contributed by atoms with van der Waals surface area (Å²) in [7, 11) is 0. The normalized spacial score (nSPS) is 11.1. The summed E-state index contributed by atoms with van der Waals surface area (Å²) in [6.07, 6.45) is 1.57. The van der Waals surface area contributed by atoms with Crippen LogP contribution in [0.3, 0.4) is 0 Å². The predicted octanol–water partition coefficient (Wildman–Crippen LogP) is 4.95. The Hall–Kier alpha value is -4.11. The maximum Gasteiger partial charge on any atom is 0.335 e. The lowest BCUT2D eigenvalue weighted by Gasteiger charge is -2.13. The van der Waals surface area contributed by atoms with Crippen molar-refractivity contribution in [2.75, 3.05) is 5.32 Å². The molecule has 0 fully saturated rings. The van der Waals surface area contributed by atoms with Crippen molar-refractivity contribution >= 4 is 23.6 Å². The minimum Gasteiger partial charge on any atom is -0.478 e. The number of carbonyl (C=O) groups excluding carboxylic acids is 1. The molecule has 2 N–H and O–H groups in total. The molecule has 0 unspecified atom stereocenters. The zero-order chi connectivity index (χ0) is 22.7. The highest BCUT2D eigenvalue weighted by Gasteiger charge is 2.16. The number of hydrogen-bond acceptors (Lipinski definition) is 3. The third-order valence-electron chi connectivity index (χ3n) is 5.13. The van der Waals surface area contributed by atoms with Gasteiger partial charge in [-0.3, -0.25) is 4.79 Å². The summed E-state index contributed by atoms with van der Waals surface area (Å²) < 4.78 is 1.99. The first-order valence-corrected chi connectivity index (χ1v) is 9.74. The lowest BCUT2D eigenvalue weighted by Crippen LogP contribution is -2.13. The first kappa shape index (κ1) is 21.6. The maximum atomic E-state index is 12.6. The Kier molecular flexibility index (Phi) is 6.07. The molecule has 3 rings (SSSR count). The van der Waals surface area contributed by atoms with Crippen LogP contribution in [0.1, 0.15) is 38.4 Å². The maximum absolute atomic E-state index is 12.6. The summed E-state index contributed by atoms with van der Waals surface area (Å²) >= 11 is 0. The molecule has 6 nitrogen and oxygen atoms in total. The van der Waals surface area contributed by atoms with E-state index in [-0.39, 0.29) is 11.1 Å². The van der Waals surface area contributed by atoms with Crippen LogP contribution in [0.25, 0.3) is 11.8 Å². The van der Waals surface area contributed by atoms with Gasteiger partial charge in [-0.15, -0.1) is 0 Å². The van der Waals surface area contributed by atoms with Gasteiger partial charge in [0, 0.05) is 22.8 Å². The molecule has 0 bridgehead atoms. The quantitative estimate of drug-likeness (QED) is 0.457. The molecular weight excluding hydrogens is 390 g/mol. The average molecular weight is 413 g/mol. The summed E-state index contributed by atoms with van der Waals surface area (Å²) in [6.45, 7) is 7.63. The summed E-state index contributed by atoms with van der Waals surface area (Å²) in [6, 6.07) is 16.2. The van der Waals surface area contributed by atoms with Gasteiger partial charge in [0.25, 0.3) is 5.91 Å². The first-order valence-electron chi connectivity index (χ1n) is 9.74. The van der Waals surface area contributed by atoms with Crippen molar-refractivity contribution in [2.24, 2.45) is 0 Å². The highest BCUT2D eigenvalue weighted by atomic mass is 16.4. The Morgan fingerprint density at radius 3 is 2.29 bits per heavy atom. The summed E-state index contributed by atoms with van der Waals surface area (Å²) in [5.41, 5.74) is 6.09. The van der Waals surface area contributed by atoms with Crippen LogP contribution in [0.4, 0.5) is 5.69 Å². The van der Waals surface area contributed by atoms with Gasteiger partial charge in [0.2, 0.25) is 0 Å². The van der Waals surface area contributed by atoms with E-state index in [0.29, 0.717) is 5.69 Å². The summed E-state index contributed by atoms with van der Waals surface area (Å²) in [5, 5.41) is 21.5. The number of aryl methyl sites for hydroxylation is 3. The molecule has 31 heavy (non-hydrogen) atoms. The molecule has 0 saturated heterocycles. The lowest BCUT2D eigenvalue weighted by atomic mass is 10.1. The molecule has 3 aromatic rings. The van der Waals surface area contributed by atoms with Crippen molar-refractivity contribution in [3.8, 4) is 11.8 Å². The number of aromatic nitrogens is 1. The molecule has 0 spiro atoms. The molecule has 0 atom stereocenters.